The van der Waals surface area contributed by atoms with Gasteiger partial charge in [0.05, 0.1) is 16.7 Å². The number of benzene rings is 2. The van der Waals surface area contributed by atoms with Gasteiger partial charge in [-0.3, -0.25) is 4.57 Å². The van der Waals surface area contributed by atoms with Crippen molar-refractivity contribution in [2.24, 2.45) is 0 Å². The van der Waals surface area contributed by atoms with Crippen LogP contribution in [0.25, 0.3) is 16.7 Å². The van der Waals surface area contributed by atoms with Gasteiger partial charge in [0.1, 0.15) is 5.82 Å². The maximum atomic E-state index is 13.3. The van der Waals surface area contributed by atoms with E-state index in [1.165, 1.54) is 12.1 Å². The van der Waals surface area contributed by atoms with Gasteiger partial charge in [0.15, 0.2) is 0 Å². The average Bonchev–Trinajstić information content (AvgIpc) is 2.73. The molecule has 102 valence electrons. The average molecular weight is 270 g/mol. The summed E-state index contributed by atoms with van der Waals surface area (Å²) in [5.74, 6) is 0.0331. The van der Waals surface area contributed by atoms with Crippen molar-refractivity contribution in [3.63, 3.8) is 0 Å². The molecular weight excluding hydrogens is 255 g/mol. The molecule has 20 heavy (non-hydrogen) atoms. The van der Waals surface area contributed by atoms with Crippen LogP contribution in [0, 0.1) is 5.82 Å². The van der Waals surface area contributed by atoms with Crippen molar-refractivity contribution < 1.29 is 4.39 Å². The van der Waals surface area contributed by atoms with Gasteiger partial charge in [-0.2, -0.15) is 0 Å². The van der Waals surface area contributed by atoms with Crippen LogP contribution < -0.4 is 10.6 Å². The molecule has 0 spiro atoms. The van der Waals surface area contributed by atoms with Crippen LogP contribution in [-0.4, -0.2) is 23.6 Å². The van der Waals surface area contributed by atoms with E-state index in [0.717, 1.165) is 16.9 Å². The topological polar surface area (TPSA) is 47.1 Å². The smallest absolute Gasteiger partial charge is 0.205 e. The second-order valence-electron chi connectivity index (χ2n) is 4.85. The Labute approximate surface area is 116 Å². The highest BCUT2D eigenvalue weighted by Crippen LogP contribution is 2.25. The monoisotopic (exact) mass is 270 g/mol. The maximum Gasteiger partial charge on any atom is 0.205 e. The van der Waals surface area contributed by atoms with E-state index in [-0.39, 0.29) is 5.82 Å². The summed E-state index contributed by atoms with van der Waals surface area (Å²) < 4.78 is 15.1. The zero-order valence-corrected chi connectivity index (χ0v) is 11.3. The summed E-state index contributed by atoms with van der Waals surface area (Å²) in [5.41, 5.74) is 9.29. The molecule has 0 unspecified atom stereocenters. The molecule has 0 aliphatic carbocycles. The molecule has 3 rings (SSSR count). The van der Waals surface area contributed by atoms with Crippen LogP contribution in [0.15, 0.2) is 42.5 Å². The lowest BCUT2D eigenvalue weighted by molar-refractivity contribution is 0.629. The number of aromatic nitrogens is 2. The van der Waals surface area contributed by atoms with E-state index in [9.17, 15) is 4.39 Å². The highest BCUT2D eigenvalue weighted by molar-refractivity contribution is 5.81. The largest absolute Gasteiger partial charge is 0.378 e. The number of rotatable bonds is 2. The summed E-state index contributed by atoms with van der Waals surface area (Å²) in [4.78, 5) is 6.22. The second-order valence-corrected chi connectivity index (χ2v) is 4.85. The SMILES string of the molecule is CN(C)c1cccc(-n2c(N)nc3cc(F)ccc32)c1. The summed E-state index contributed by atoms with van der Waals surface area (Å²) >= 11 is 0. The number of nitrogens with two attached hydrogens (primary N) is 1. The third-order valence-electron chi connectivity index (χ3n) is 3.25. The molecule has 2 aromatic carbocycles. The lowest BCUT2D eigenvalue weighted by Crippen LogP contribution is -2.09. The van der Waals surface area contributed by atoms with Crippen molar-refractivity contribution in [2.45, 2.75) is 0 Å². The molecule has 0 saturated carbocycles. The van der Waals surface area contributed by atoms with Crippen LogP contribution in [0.1, 0.15) is 0 Å². The minimum Gasteiger partial charge on any atom is -0.378 e. The van der Waals surface area contributed by atoms with Crippen molar-refractivity contribution in [3.8, 4) is 5.69 Å². The standard InChI is InChI=1S/C15H15FN4/c1-19(2)11-4-3-5-12(9-11)20-14-7-6-10(16)8-13(14)18-15(20)17/h3-9H,1-2H3,(H2,17,18). The van der Waals surface area contributed by atoms with E-state index in [1.54, 1.807) is 6.07 Å². The first kappa shape index (κ1) is 12.5. The fourth-order valence-electron chi connectivity index (χ4n) is 2.25. The van der Waals surface area contributed by atoms with Crippen molar-refractivity contribution in [1.29, 1.82) is 0 Å². The Morgan fingerprint density at radius 2 is 1.95 bits per heavy atom. The summed E-state index contributed by atoms with van der Waals surface area (Å²) in [6.45, 7) is 0. The third-order valence-corrected chi connectivity index (χ3v) is 3.25. The number of nitrogens with zero attached hydrogens (tertiary/aromatic N) is 3. The minimum absolute atomic E-state index is 0.316. The first-order valence-corrected chi connectivity index (χ1v) is 6.27. The fourth-order valence-corrected chi connectivity index (χ4v) is 2.25. The Hall–Kier alpha value is -2.56. The highest BCUT2D eigenvalue weighted by atomic mass is 19.1. The van der Waals surface area contributed by atoms with Gasteiger partial charge in [-0.15, -0.1) is 0 Å². The number of anilines is 2. The zero-order chi connectivity index (χ0) is 14.3. The molecule has 4 nitrogen and oxygen atoms in total. The van der Waals surface area contributed by atoms with Gasteiger partial charge in [-0.05, 0) is 30.3 Å². The number of hydrogen-bond donors (Lipinski definition) is 1. The van der Waals surface area contributed by atoms with Gasteiger partial charge < -0.3 is 10.6 Å². The van der Waals surface area contributed by atoms with E-state index < -0.39 is 0 Å². The molecule has 0 fully saturated rings. The number of halogens is 1. The number of imidazole rings is 1. The molecule has 0 atom stereocenters. The minimum atomic E-state index is -0.316. The summed E-state index contributed by atoms with van der Waals surface area (Å²) in [7, 11) is 3.95. The van der Waals surface area contributed by atoms with Crippen LogP contribution in [0.3, 0.4) is 0 Å². The molecule has 0 bridgehead atoms. The van der Waals surface area contributed by atoms with Crippen molar-refractivity contribution >= 4 is 22.7 Å². The van der Waals surface area contributed by atoms with Crippen LogP contribution in [0.2, 0.25) is 0 Å². The Morgan fingerprint density at radius 1 is 1.15 bits per heavy atom. The molecule has 2 N–H and O–H groups in total. The van der Waals surface area contributed by atoms with E-state index in [0.29, 0.717) is 11.5 Å². The maximum absolute atomic E-state index is 13.3. The van der Waals surface area contributed by atoms with Crippen LogP contribution in [0.5, 0.6) is 0 Å². The Balaban J connectivity index is 2.24. The molecule has 5 heteroatoms. The highest BCUT2D eigenvalue weighted by Gasteiger charge is 2.11. The lowest BCUT2D eigenvalue weighted by atomic mass is 10.2. The Morgan fingerprint density at radius 3 is 2.70 bits per heavy atom. The first-order valence-electron chi connectivity index (χ1n) is 6.27. The number of fused-ring (bicyclic) bond motifs is 1. The predicted octanol–water partition coefficient (Wildman–Crippen LogP) is 2.81. The molecule has 0 aliphatic rings. The van der Waals surface area contributed by atoms with E-state index in [2.05, 4.69) is 4.98 Å². The molecule has 1 aromatic heterocycles. The summed E-state index contributed by atoms with van der Waals surface area (Å²) in [6, 6.07) is 12.4. The van der Waals surface area contributed by atoms with Crippen LogP contribution in [-0.2, 0) is 0 Å². The van der Waals surface area contributed by atoms with Gasteiger partial charge in [-0.25, -0.2) is 9.37 Å². The molecule has 1 heterocycles. The molecule has 0 amide bonds. The third kappa shape index (κ3) is 1.97. The van der Waals surface area contributed by atoms with E-state index >= 15 is 0 Å². The van der Waals surface area contributed by atoms with Crippen molar-refractivity contribution in [3.05, 3.63) is 48.3 Å². The number of nitrogen functional groups attached to an aromatic ring is 1. The molecule has 0 saturated heterocycles. The Kier molecular flexibility index (Phi) is 2.82. The normalized spacial score (nSPS) is 10.9. The summed E-state index contributed by atoms with van der Waals surface area (Å²) in [5, 5.41) is 0. The molecule has 3 aromatic rings. The molecule has 0 radical (unpaired) electrons. The summed E-state index contributed by atoms with van der Waals surface area (Å²) in [6.07, 6.45) is 0. The zero-order valence-electron chi connectivity index (χ0n) is 11.3. The first-order chi connectivity index (χ1) is 9.56. The predicted molar refractivity (Wildman–Crippen MR) is 79.8 cm³/mol. The van der Waals surface area contributed by atoms with Gasteiger partial charge >= 0.3 is 0 Å². The van der Waals surface area contributed by atoms with Crippen LogP contribution in [0.4, 0.5) is 16.0 Å². The lowest BCUT2D eigenvalue weighted by Gasteiger charge is -2.14. The number of hydrogen-bond acceptors (Lipinski definition) is 3. The quantitative estimate of drug-likeness (QED) is 0.779. The second kappa shape index (κ2) is 4.52. The Bertz CT molecular complexity index is 777. The van der Waals surface area contributed by atoms with Gasteiger partial charge in [0.2, 0.25) is 5.95 Å². The van der Waals surface area contributed by atoms with Crippen LogP contribution >= 0.6 is 0 Å². The van der Waals surface area contributed by atoms with Crippen molar-refractivity contribution in [1.82, 2.24) is 9.55 Å². The molecular formula is C15H15FN4. The van der Waals surface area contributed by atoms with Gasteiger partial charge in [0, 0.05) is 25.8 Å². The van der Waals surface area contributed by atoms with E-state index in [1.807, 2.05) is 47.8 Å². The van der Waals surface area contributed by atoms with Gasteiger partial charge in [-0.1, -0.05) is 6.07 Å². The van der Waals surface area contributed by atoms with Gasteiger partial charge in [0.25, 0.3) is 0 Å². The van der Waals surface area contributed by atoms with E-state index in [4.69, 9.17) is 5.73 Å². The fraction of sp³-hybridized carbons (Fsp3) is 0.133. The van der Waals surface area contributed by atoms with Crippen molar-refractivity contribution in [2.75, 3.05) is 24.7 Å². The molecule has 0 aliphatic heterocycles.